The highest BCUT2D eigenvalue weighted by Gasteiger charge is 2.38. The molecule has 0 radical (unpaired) electrons. The molecule has 0 bridgehead atoms. The topological polar surface area (TPSA) is 78.5 Å². The van der Waals surface area contributed by atoms with Gasteiger partial charge in [0.05, 0.1) is 6.04 Å². The molecule has 2 aliphatic rings. The number of carbonyl (C=O) groups excluding carboxylic acids is 3. The molecule has 1 aromatic rings. The Hall–Kier alpha value is -2.37. The molecule has 0 spiro atoms. The minimum Gasteiger partial charge on any atom is -0.348 e. The van der Waals surface area contributed by atoms with Crippen LogP contribution < -0.4 is 10.6 Å². The van der Waals surface area contributed by atoms with Crippen LogP contribution in [0.4, 0.5) is 4.79 Å². The lowest BCUT2D eigenvalue weighted by molar-refractivity contribution is -0.132. The van der Waals surface area contributed by atoms with Crippen LogP contribution >= 0.6 is 0 Å². The van der Waals surface area contributed by atoms with Gasteiger partial charge in [-0.1, -0.05) is 37.6 Å². The van der Waals surface area contributed by atoms with Gasteiger partial charge in [0, 0.05) is 0 Å². The molecule has 24 heavy (non-hydrogen) atoms. The zero-order valence-electron chi connectivity index (χ0n) is 13.9. The molecule has 2 atom stereocenters. The molecule has 0 saturated carbocycles. The number of aryl methyl sites for hydroxylation is 1. The number of fused-ring (bicyclic) bond motifs is 1. The van der Waals surface area contributed by atoms with Crippen LogP contribution in [0.5, 0.6) is 0 Å². The molecule has 1 saturated heterocycles. The Kier molecular flexibility index (Phi) is 4.83. The maximum absolute atomic E-state index is 12.3. The summed E-state index contributed by atoms with van der Waals surface area (Å²) in [6, 6.07) is 7.07. The first-order valence-corrected chi connectivity index (χ1v) is 8.59. The standard InChI is InChI=1S/C18H23N3O3/c1-2-6-15-17(23)21(18(24)20-15)11-16(22)19-14-10-5-8-12-7-3-4-9-13(12)14/h3-4,7,9,14-15H,2,5-6,8,10-11H2,1H3,(H,19,22)(H,20,24). The lowest BCUT2D eigenvalue weighted by Gasteiger charge is -2.27. The van der Waals surface area contributed by atoms with Crippen molar-refractivity contribution in [1.82, 2.24) is 15.5 Å². The molecule has 128 valence electrons. The number of urea groups is 1. The molecule has 1 heterocycles. The summed E-state index contributed by atoms with van der Waals surface area (Å²) < 4.78 is 0. The van der Waals surface area contributed by atoms with Crippen molar-refractivity contribution in [1.29, 1.82) is 0 Å². The first kappa shape index (κ1) is 16.5. The van der Waals surface area contributed by atoms with E-state index in [-0.39, 0.29) is 24.4 Å². The van der Waals surface area contributed by atoms with Crippen LogP contribution in [0.2, 0.25) is 0 Å². The van der Waals surface area contributed by atoms with Gasteiger partial charge in [-0.3, -0.25) is 14.5 Å². The van der Waals surface area contributed by atoms with Crippen LogP contribution in [-0.2, 0) is 16.0 Å². The van der Waals surface area contributed by atoms with Crippen molar-refractivity contribution in [3.8, 4) is 0 Å². The van der Waals surface area contributed by atoms with E-state index >= 15 is 0 Å². The number of hydrogen-bond acceptors (Lipinski definition) is 3. The summed E-state index contributed by atoms with van der Waals surface area (Å²) in [5.74, 6) is -0.599. The average molecular weight is 329 g/mol. The molecule has 4 amide bonds. The first-order valence-electron chi connectivity index (χ1n) is 8.59. The van der Waals surface area contributed by atoms with E-state index in [1.807, 2.05) is 25.1 Å². The van der Waals surface area contributed by atoms with E-state index in [9.17, 15) is 14.4 Å². The number of carbonyl (C=O) groups is 3. The largest absolute Gasteiger partial charge is 0.348 e. The fourth-order valence-corrected chi connectivity index (χ4v) is 3.50. The van der Waals surface area contributed by atoms with Crippen LogP contribution in [0.15, 0.2) is 24.3 Å². The number of amides is 4. The Bertz CT molecular complexity index is 659. The normalized spacial score (nSPS) is 23.0. The van der Waals surface area contributed by atoms with E-state index in [0.717, 1.165) is 36.1 Å². The number of rotatable bonds is 5. The van der Waals surface area contributed by atoms with Gasteiger partial charge in [0.25, 0.3) is 5.91 Å². The monoisotopic (exact) mass is 329 g/mol. The highest BCUT2D eigenvalue weighted by atomic mass is 16.2. The maximum Gasteiger partial charge on any atom is 0.325 e. The number of nitrogens with zero attached hydrogens (tertiary/aromatic N) is 1. The molecule has 1 fully saturated rings. The van der Waals surface area contributed by atoms with Crippen molar-refractivity contribution in [2.45, 2.75) is 51.1 Å². The predicted octanol–water partition coefficient (Wildman–Crippen LogP) is 1.90. The van der Waals surface area contributed by atoms with Crippen molar-refractivity contribution < 1.29 is 14.4 Å². The summed E-state index contributed by atoms with van der Waals surface area (Å²) in [6.07, 6.45) is 4.31. The van der Waals surface area contributed by atoms with Crippen molar-refractivity contribution in [3.05, 3.63) is 35.4 Å². The molecule has 2 N–H and O–H groups in total. The fourth-order valence-electron chi connectivity index (χ4n) is 3.50. The van der Waals surface area contributed by atoms with Gasteiger partial charge < -0.3 is 10.6 Å². The van der Waals surface area contributed by atoms with Crippen LogP contribution in [0.25, 0.3) is 0 Å². The molecular formula is C18H23N3O3. The van der Waals surface area contributed by atoms with Gasteiger partial charge in [0.2, 0.25) is 5.91 Å². The number of hydrogen-bond donors (Lipinski definition) is 2. The highest BCUT2D eigenvalue weighted by Crippen LogP contribution is 2.29. The third kappa shape index (κ3) is 3.27. The van der Waals surface area contributed by atoms with Crippen LogP contribution in [0.3, 0.4) is 0 Å². The fraction of sp³-hybridized carbons (Fsp3) is 0.500. The van der Waals surface area contributed by atoms with Crippen molar-refractivity contribution in [2.24, 2.45) is 0 Å². The Balaban J connectivity index is 1.63. The summed E-state index contributed by atoms with van der Waals surface area (Å²) in [5.41, 5.74) is 2.39. The van der Waals surface area contributed by atoms with Gasteiger partial charge in [-0.2, -0.15) is 0 Å². The first-order chi connectivity index (χ1) is 11.6. The zero-order chi connectivity index (χ0) is 17.1. The van der Waals surface area contributed by atoms with Crippen LogP contribution in [0, 0.1) is 0 Å². The molecule has 1 aliphatic heterocycles. The van der Waals surface area contributed by atoms with E-state index in [4.69, 9.17) is 0 Å². The molecule has 1 aromatic carbocycles. The van der Waals surface area contributed by atoms with Gasteiger partial charge in [-0.15, -0.1) is 0 Å². The molecule has 6 heteroatoms. The van der Waals surface area contributed by atoms with Crippen LogP contribution in [0.1, 0.15) is 49.8 Å². The van der Waals surface area contributed by atoms with E-state index in [0.29, 0.717) is 6.42 Å². The van der Waals surface area contributed by atoms with Gasteiger partial charge in [0.15, 0.2) is 0 Å². The van der Waals surface area contributed by atoms with E-state index in [2.05, 4.69) is 16.7 Å². The SMILES string of the molecule is CCCC1NC(=O)N(CC(=O)NC2CCCc3ccccc32)C1=O. The van der Waals surface area contributed by atoms with Crippen molar-refractivity contribution in [2.75, 3.05) is 6.54 Å². The Morgan fingerprint density at radius 1 is 1.33 bits per heavy atom. The average Bonchev–Trinajstić information content (AvgIpc) is 2.83. The number of nitrogens with one attached hydrogen (secondary N) is 2. The second-order valence-electron chi connectivity index (χ2n) is 6.43. The number of benzene rings is 1. The maximum atomic E-state index is 12.3. The summed E-state index contributed by atoms with van der Waals surface area (Å²) in [4.78, 5) is 37.5. The Morgan fingerprint density at radius 2 is 2.12 bits per heavy atom. The van der Waals surface area contributed by atoms with Gasteiger partial charge in [-0.25, -0.2) is 4.79 Å². The molecular weight excluding hydrogens is 306 g/mol. The summed E-state index contributed by atoms with van der Waals surface area (Å²) >= 11 is 0. The lowest BCUT2D eigenvalue weighted by Crippen LogP contribution is -2.42. The summed E-state index contributed by atoms with van der Waals surface area (Å²) in [7, 11) is 0. The third-order valence-electron chi connectivity index (χ3n) is 4.69. The summed E-state index contributed by atoms with van der Waals surface area (Å²) in [6.45, 7) is 1.73. The molecule has 0 aromatic heterocycles. The zero-order valence-corrected chi connectivity index (χ0v) is 13.9. The van der Waals surface area contributed by atoms with Crippen molar-refractivity contribution in [3.63, 3.8) is 0 Å². The second kappa shape index (κ2) is 7.03. The van der Waals surface area contributed by atoms with Gasteiger partial charge >= 0.3 is 6.03 Å². The Labute approximate surface area is 141 Å². The molecule has 6 nitrogen and oxygen atoms in total. The third-order valence-corrected chi connectivity index (χ3v) is 4.69. The van der Waals surface area contributed by atoms with Crippen LogP contribution in [-0.4, -0.2) is 35.3 Å². The number of imide groups is 1. The van der Waals surface area contributed by atoms with E-state index < -0.39 is 12.1 Å². The molecule has 3 rings (SSSR count). The lowest BCUT2D eigenvalue weighted by atomic mass is 9.88. The van der Waals surface area contributed by atoms with Gasteiger partial charge in [0.1, 0.15) is 12.6 Å². The predicted molar refractivity (Wildman–Crippen MR) is 89.2 cm³/mol. The van der Waals surface area contributed by atoms with E-state index in [1.54, 1.807) is 0 Å². The minimum atomic E-state index is -0.495. The smallest absolute Gasteiger partial charge is 0.325 e. The quantitative estimate of drug-likeness (QED) is 0.810. The summed E-state index contributed by atoms with van der Waals surface area (Å²) in [5, 5.41) is 5.61. The van der Waals surface area contributed by atoms with Crippen molar-refractivity contribution >= 4 is 17.8 Å². The van der Waals surface area contributed by atoms with E-state index in [1.165, 1.54) is 5.56 Å². The second-order valence-corrected chi connectivity index (χ2v) is 6.43. The minimum absolute atomic E-state index is 0.0466. The molecule has 2 unspecified atom stereocenters. The Morgan fingerprint density at radius 3 is 2.92 bits per heavy atom. The molecule has 1 aliphatic carbocycles. The highest BCUT2D eigenvalue weighted by molar-refractivity contribution is 6.06. The van der Waals surface area contributed by atoms with Gasteiger partial charge in [-0.05, 0) is 36.8 Å².